The molecule has 0 saturated carbocycles. The molecule has 6 nitrogen and oxygen atoms in total. The van der Waals surface area contributed by atoms with Gasteiger partial charge in [-0.1, -0.05) is 38.1 Å². The van der Waals surface area contributed by atoms with Crippen molar-refractivity contribution < 1.29 is 14.7 Å². The van der Waals surface area contributed by atoms with Crippen LogP contribution in [0.3, 0.4) is 0 Å². The molecule has 0 saturated heterocycles. The van der Waals surface area contributed by atoms with Crippen molar-refractivity contribution >= 4 is 11.9 Å². The molecule has 1 atom stereocenters. The molecule has 1 amide bonds. The van der Waals surface area contributed by atoms with Crippen molar-refractivity contribution in [1.29, 1.82) is 0 Å². The van der Waals surface area contributed by atoms with E-state index in [1.165, 1.54) is 4.90 Å². The molecule has 1 aromatic carbocycles. The van der Waals surface area contributed by atoms with E-state index < -0.39 is 12.0 Å². The highest BCUT2D eigenvalue weighted by molar-refractivity contribution is 5.95. The molecule has 0 aliphatic carbocycles. The number of carbonyl (C=O) groups excluding carboxylic acids is 1. The van der Waals surface area contributed by atoms with Gasteiger partial charge >= 0.3 is 5.97 Å². The summed E-state index contributed by atoms with van der Waals surface area (Å²) in [7, 11) is 0. The lowest BCUT2D eigenvalue weighted by Crippen LogP contribution is -2.43. The number of fused-ring (bicyclic) bond motifs is 1. The fourth-order valence-electron chi connectivity index (χ4n) is 2.94. The summed E-state index contributed by atoms with van der Waals surface area (Å²) in [6, 6.07) is 8.11. The van der Waals surface area contributed by atoms with Crippen LogP contribution in [0.25, 0.3) is 0 Å². The van der Waals surface area contributed by atoms with E-state index in [1.54, 1.807) is 18.2 Å². The Morgan fingerprint density at radius 1 is 1.35 bits per heavy atom. The Morgan fingerprint density at radius 3 is 2.74 bits per heavy atom. The Balaban J connectivity index is 1.95. The van der Waals surface area contributed by atoms with Gasteiger partial charge in [0.15, 0.2) is 6.04 Å². The molecule has 120 valence electrons. The molecule has 2 N–H and O–H groups in total. The van der Waals surface area contributed by atoms with Gasteiger partial charge in [-0.2, -0.15) is 5.10 Å². The molecule has 0 fully saturated rings. The number of H-pyrrole nitrogens is 1. The second-order valence-electron chi connectivity index (χ2n) is 6.05. The molecular weight excluding hydrogens is 294 g/mol. The van der Waals surface area contributed by atoms with E-state index in [9.17, 15) is 14.7 Å². The summed E-state index contributed by atoms with van der Waals surface area (Å²) < 4.78 is 0. The summed E-state index contributed by atoms with van der Waals surface area (Å²) in [6.45, 7) is 4.37. The molecule has 1 aliphatic rings. The number of aromatic amines is 1. The topological polar surface area (TPSA) is 86.3 Å². The number of carbonyl (C=O) groups is 2. The maximum atomic E-state index is 12.7. The number of aromatic nitrogens is 2. The van der Waals surface area contributed by atoms with Crippen LogP contribution in [0.15, 0.2) is 30.3 Å². The second-order valence-corrected chi connectivity index (χ2v) is 6.05. The molecule has 0 spiro atoms. The zero-order valence-electron chi connectivity index (χ0n) is 13.1. The molecule has 0 radical (unpaired) electrons. The Kier molecular flexibility index (Phi) is 3.90. The number of hydrogen-bond donors (Lipinski definition) is 2. The third kappa shape index (κ3) is 2.72. The predicted octanol–water partition coefficient (Wildman–Crippen LogP) is 2.36. The maximum Gasteiger partial charge on any atom is 0.331 e. The van der Waals surface area contributed by atoms with E-state index in [0.717, 1.165) is 11.3 Å². The van der Waals surface area contributed by atoms with Crippen LogP contribution in [0.2, 0.25) is 0 Å². The Labute approximate surface area is 134 Å². The quantitative estimate of drug-likeness (QED) is 0.910. The van der Waals surface area contributed by atoms with Crippen molar-refractivity contribution in [2.24, 2.45) is 0 Å². The van der Waals surface area contributed by atoms with Gasteiger partial charge < -0.3 is 10.0 Å². The van der Waals surface area contributed by atoms with Crippen molar-refractivity contribution in [3.05, 3.63) is 52.8 Å². The van der Waals surface area contributed by atoms with Gasteiger partial charge in [-0.15, -0.1) is 0 Å². The predicted molar refractivity (Wildman–Crippen MR) is 84.2 cm³/mol. The third-order valence-electron chi connectivity index (χ3n) is 4.22. The lowest BCUT2D eigenvalue weighted by Gasteiger charge is -2.34. The highest BCUT2D eigenvalue weighted by Gasteiger charge is 2.36. The summed E-state index contributed by atoms with van der Waals surface area (Å²) in [4.78, 5) is 25.9. The average molecular weight is 313 g/mol. The van der Waals surface area contributed by atoms with E-state index in [2.05, 4.69) is 10.2 Å². The normalized spacial score (nSPS) is 17.2. The molecule has 23 heavy (non-hydrogen) atoms. The van der Waals surface area contributed by atoms with Crippen LogP contribution < -0.4 is 0 Å². The zero-order valence-corrected chi connectivity index (χ0v) is 13.1. The minimum absolute atomic E-state index is 0.224. The highest BCUT2D eigenvalue weighted by atomic mass is 16.4. The highest BCUT2D eigenvalue weighted by Crippen LogP contribution is 2.31. The average Bonchev–Trinajstić information content (AvgIpc) is 3.03. The van der Waals surface area contributed by atoms with Gasteiger partial charge in [-0.25, -0.2) is 4.79 Å². The number of aliphatic carboxylic acids is 1. The maximum absolute atomic E-state index is 12.7. The summed E-state index contributed by atoms with van der Waals surface area (Å²) in [6.07, 6.45) is 0.646. The van der Waals surface area contributed by atoms with E-state index >= 15 is 0 Å². The van der Waals surface area contributed by atoms with Crippen molar-refractivity contribution in [2.45, 2.75) is 32.2 Å². The van der Waals surface area contributed by atoms with Crippen LogP contribution in [-0.4, -0.2) is 38.6 Å². The molecule has 1 aliphatic heterocycles. The minimum atomic E-state index is -1.02. The molecule has 2 heterocycles. The first kappa shape index (κ1) is 15.3. The molecule has 2 aromatic rings. The minimum Gasteiger partial charge on any atom is -0.479 e. The van der Waals surface area contributed by atoms with Crippen molar-refractivity contribution in [3.8, 4) is 0 Å². The fourth-order valence-corrected chi connectivity index (χ4v) is 2.94. The summed E-state index contributed by atoms with van der Waals surface area (Å²) in [5.74, 6) is -1.15. The Morgan fingerprint density at radius 2 is 2.09 bits per heavy atom. The number of nitrogens with one attached hydrogen (secondary N) is 1. The number of carboxylic acid groups (broad SMARTS) is 1. The first-order chi connectivity index (χ1) is 11.0. The SMILES string of the molecule is CC(C)c1cc(C(=O)N2CCc3ccccc3C2C(=O)O)n[nH]1. The third-order valence-corrected chi connectivity index (χ3v) is 4.22. The van der Waals surface area contributed by atoms with Gasteiger partial charge in [0.05, 0.1) is 0 Å². The van der Waals surface area contributed by atoms with Crippen LogP contribution in [0.5, 0.6) is 0 Å². The number of hydrogen-bond acceptors (Lipinski definition) is 3. The Bertz CT molecular complexity index is 751. The smallest absolute Gasteiger partial charge is 0.331 e. The van der Waals surface area contributed by atoms with E-state index in [1.807, 2.05) is 26.0 Å². The zero-order chi connectivity index (χ0) is 16.6. The standard InChI is InChI=1S/C17H19N3O3/c1-10(2)13-9-14(19-18-13)16(21)20-8-7-11-5-3-4-6-12(11)15(20)17(22)23/h3-6,9-10,15H,7-8H2,1-2H3,(H,18,19)(H,22,23). The monoisotopic (exact) mass is 313 g/mol. The second kappa shape index (κ2) is 5.87. The number of rotatable bonds is 3. The van der Waals surface area contributed by atoms with Crippen LogP contribution >= 0.6 is 0 Å². The summed E-state index contributed by atoms with van der Waals surface area (Å²) in [5.41, 5.74) is 2.78. The molecule has 0 bridgehead atoms. The summed E-state index contributed by atoms with van der Waals surface area (Å²) in [5, 5.41) is 16.5. The summed E-state index contributed by atoms with van der Waals surface area (Å²) >= 11 is 0. The van der Waals surface area contributed by atoms with E-state index in [-0.39, 0.29) is 17.5 Å². The first-order valence-corrected chi connectivity index (χ1v) is 7.66. The van der Waals surface area contributed by atoms with Crippen LogP contribution in [0, 0.1) is 0 Å². The largest absolute Gasteiger partial charge is 0.479 e. The first-order valence-electron chi connectivity index (χ1n) is 7.66. The Hall–Kier alpha value is -2.63. The van der Waals surface area contributed by atoms with Crippen molar-refractivity contribution in [3.63, 3.8) is 0 Å². The number of carboxylic acids is 1. The molecule has 1 aromatic heterocycles. The van der Waals surface area contributed by atoms with Crippen LogP contribution in [0.1, 0.15) is 53.1 Å². The van der Waals surface area contributed by atoms with Gasteiger partial charge in [0, 0.05) is 12.2 Å². The molecular formula is C17H19N3O3. The number of amides is 1. The van der Waals surface area contributed by atoms with Gasteiger partial charge in [-0.3, -0.25) is 9.89 Å². The van der Waals surface area contributed by atoms with Gasteiger partial charge in [0.2, 0.25) is 0 Å². The van der Waals surface area contributed by atoms with Gasteiger partial charge in [-0.05, 0) is 29.5 Å². The number of benzene rings is 1. The lowest BCUT2D eigenvalue weighted by atomic mass is 9.92. The van der Waals surface area contributed by atoms with Crippen LogP contribution in [-0.2, 0) is 11.2 Å². The van der Waals surface area contributed by atoms with Crippen molar-refractivity contribution in [2.75, 3.05) is 6.54 Å². The fraction of sp³-hybridized carbons (Fsp3) is 0.353. The van der Waals surface area contributed by atoms with E-state index in [0.29, 0.717) is 18.5 Å². The lowest BCUT2D eigenvalue weighted by molar-refractivity contribution is -0.143. The van der Waals surface area contributed by atoms with Gasteiger partial charge in [0.25, 0.3) is 5.91 Å². The van der Waals surface area contributed by atoms with Crippen molar-refractivity contribution in [1.82, 2.24) is 15.1 Å². The number of nitrogens with zero attached hydrogens (tertiary/aromatic N) is 2. The van der Waals surface area contributed by atoms with Gasteiger partial charge in [0.1, 0.15) is 5.69 Å². The van der Waals surface area contributed by atoms with Crippen LogP contribution in [0.4, 0.5) is 0 Å². The molecule has 3 rings (SSSR count). The van der Waals surface area contributed by atoms with E-state index in [4.69, 9.17) is 0 Å². The molecule has 1 unspecified atom stereocenters. The molecule has 6 heteroatoms.